The Morgan fingerprint density at radius 3 is 2.71 bits per heavy atom. The minimum absolute atomic E-state index is 0.192. The molecule has 1 aliphatic heterocycles. The molecular formula is C12H15BrN2O2. The molecule has 17 heavy (non-hydrogen) atoms. The molecule has 2 rings (SSSR count). The van der Waals surface area contributed by atoms with E-state index < -0.39 is 5.97 Å². The van der Waals surface area contributed by atoms with Gasteiger partial charge in [-0.25, -0.2) is 4.98 Å². The lowest BCUT2D eigenvalue weighted by atomic mass is 9.97. The number of aliphatic carboxylic acids is 1. The Balaban J connectivity index is 2.05. The molecular weight excluding hydrogens is 284 g/mol. The molecule has 1 N–H and O–H groups in total. The molecule has 4 nitrogen and oxygen atoms in total. The molecule has 0 bridgehead atoms. The van der Waals surface area contributed by atoms with Crippen molar-refractivity contribution in [2.45, 2.75) is 19.8 Å². The highest BCUT2D eigenvalue weighted by atomic mass is 79.9. The van der Waals surface area contributed by atoms with Crippen molar-refractivity contribution in [3.05, 3.63) is 22.3 Å². The van der Waals surface area contributed by atoms with E-state index in [1.54, 1.807) is 6.20 Å². The van der Waals surface area contributed by atoms with Crippen LogP contribution in [-0.2, 0) is 4.79 Å². The molecule has 0 aliphatic carbocycles. The van der Waals surface area contributed by atoms with Crippen molar-refractivity contribution in [2.24, 2.45) is 5.92 Å². The number of hydrogen-bond acceptors (Lipinski definition) is 3. The van der Waals surface area contributed by atoms with Gasteiger partial charge >= 0.3 is 5.97 Å². The van der Waals surface area contributed by atoms with Crippen LogP contribution in [0.15, 0.2) is 16.7 Å². The largest absolute Gasteiger partial charge is 0.481 e. The Morgan fingerprint density at radius 2 is 2.18 bits per heavy atom. The van der Waals surface area contributed by atoms with Gasteiger partial charge in [-0.2, -0.15) is 0 Å². The molecule has 5 heteroatoms. The lowest BCUT2D eigenvalue weighted by Gasteiger charge is -2.31. The Kier molecular flexibility index (Phi) is 3.66. The van der Waals surface area contributed by atoms with Gasteiger partial charge in [0, 0.05) is 23.8 Å². The van der Waals surface area contributed by atoms with Crippen molar-refractivity contribution in [3.63, 3.8) is 0 Å². The van der Waals surface area contributed by atoms with Gasteiger partial charge in [0.25, 0.3) is 0 Å². The molecule has 0 amide bonds. The number of hydrogen-bond donors (Lipinski definition) is 1. The van der Waals surface area contributed by atoms with E-state index in [0.717, 1.165) is 28.9 Å². The van der Waals surface area contributed by atoms with E-state index in [1.165, 1.54) is 0 Å². The summed E-state index contributed by atoms with van der Waals surface area (Å²) in [6.45, 7) is 3.56. The summed E-state index contributed by atoms with van der Waals surface area (Å²) in [6, 6.07) is 2.03. The second-order valence-electron chi connectivity index (χ2n) is 4.39. The summed E-state index contributed by atoms with van der Waals surface area (Å²) in [4.78, 5) is 17.4. The van der Waals surface area contributed by atoms with Crippen LogP contribution in [0.4, 0.5) is 5.82 Å². The third-order valence-electron chi connectivity index (χ3n) is 3.20. The summed E-state index contributed by atoms with van der Waals surface area (Å²) in [7, 11) is 0. The number of pyridine rings is 1. The van der Waals surface area contributed by atoms with Crippen molar-refractivity contribution in [1.82, 2.24) is 4.98 Å². The van der Waals surface area contributed by atoms with Crippen LogP contribution < -0.4 is 4.90 Å². The summed E-state index contributed by atoms with van der Waals surface area (Å²) in [5.41, 5.74) is 1.15. The normalized spacial score (nSPS) is 17.2. The van der Waals surface area contributed by atoms with E-state index in [2.05, 4.69) is 25.8 Å². The molecule has 1 aliphatic rings. The molecule has 0 unspecified atom stereocenters. The van der Waals surface area contributed by atoms with Gasteiger partial charge < -0.3 is 10.0 Å². The zero-order valence-corrected chi connectivity index (χ0v) is 11.3. The minimum Gasteiger partial charge on any atom is -0.481 e. The van der Waals surface area contributed by atoms with Crippen LogP contribution >= 0.6 is 15.9 Å². The number of carboxylic acid groups (broad SMARTS) is 1. The lowest BCUT2D eigenvalue weighted by molar-refractivity contribution is -0.142. The Hall–Kier alpha value is -1.10. The predicted octanol–water partition coefficient (Wildman–Crippen LogP) is 2.45. The zero-order chi connectivity index (χ0) is 12.4. The maximum absolute atomic E-state index is 10.9. The summed E-state index contributed by atoms with van der Waals surface area (Å²) >= 11 is 3.42. The van der Waals surface area contributed by atoms with Gasteiger partial charge in [0.1, 0.15) is 5.82 Å². The Labute approximate surface area is 109 Å². The van der Waals surface area contributed by atoms with Crippen LogP contribution in [0.2, 0.25) is 0 Å². The molecule has 1 fully saturated rings. The maximum Gasteiger partial charge on any atom is 0.306 e. The first-order valence-corrected chi connectivity index (χ1v) is 6.47. The number of aromatic nitrogens is 1. The summed E-state index contributed by atoms with van der Waals surface area (Å²) < 4.78 is 1.00. The second-order valence-corrected chi connectivity index (χ2v) is 5.25. The number of piperidine rings is 1. The van der Waals surface area contributed by atoms with E-state index in [1.807, 2.05) is 13.0 Å². The summed E-state index contributed by atoms with van der Waals surface area (Å²) in [5, 5.41) is 8.94. The van der Waals surface area contributed by atoms with Crippen molar-refractivity contribution >= 4 is 27.7 Å². The van der Waals surface area contributed by atoms with Gasteiger partial charge in [-0.1, -0.05) is 0 Å². The highest BCUT2D eigenvalue weighted by Gasteiger charge is 2.25. The van der Waals surface area contributed by atoms with Crippen LogP contribution in [0.25, 0.3) is 0 Å². The number of rotatable bonds is 2. The van der Waals surface area contributed by atoms with Gasteiger partial charge in [-0.15, -0.1) is 0 Å². The van der Waals surface area contributed by atoms with Gasteiger partial charge in [0.15, 0.2) is 0 Å². The molecule has 92 valence electrons. The smallest absolute Gasteiger partial charge is 0.306 e. The van der Waals surface area contributed by atoms with Gasteiger partial charge in [0.2, 0.25) is 0 Å². The number of halogens is 1. The third-order valence-corrected chi connectivity index (χ3v) is 4.03. The fourth-order valence-electron chi connectivity index (χ4n) is 2.05. The summed E-state index contributed by atoms with van der Waals surface area (Å²) in [6.07, 6.45) is 3.20. The average Bonchev–Trinajstić information content (AvgIpc) is 2.33. The van der Waals surface area contributed by atoms with Crippen molar-refractivity contribution in [1.29, 1.82) is 0 Å². The number of carbonyl (C=O) groups is 1. The number of aryl methyl sites for hydroxylation is 1. The molecule has 0 atom stereocenters. The maximum atomic E-state index is 10.9. The first kappa shape index (κ1) is 12.4. The minimum atomic E-state index is -0.676. The Bertz CT molecular complexity index is 429. The molecule has 0 radical (unpaired) electrons. The molecule has 1 aromatic heterocycles. The van der Waals surface area contributed by atoms with Crippen LogP contribution in [0.1, 0.15) is 18.4 Å². The molecule has 0 spiro atoms. The topological polar surface area (TPSA) is 53.4 Å². The zero-order valence-electron chi connectivity index (χ0n) is 9.69. The van der Waals surface area contributed by atoms with E-state index in [0.29, 0.717) is 12.8 Å². The van der Waals surface area contributed by atoms with Crippen molar-refractivity contribution < 1.29 is 9.90 Å². The molecule has 1 aromatic rings. The third kappa shape index (κ3) is 2.77. The van der Waals surface area contributed by atoms with E-state index in [9.17, 15) is 4.79 Å². The van der Waals surface area contributed by atoms with E-state index in [4.69, 9.17) is 5.11 Å². The fraction of sp³-hybridized carbons (Fsp3) is 0.500. The highest BCUT2D eigenvalue weighted by molar-refractivity contribution is 9.10. The molecule has 0 aromatic carbocycles. The first-order valence-electron chi connectivity index (χ1n) is 5.68. The quantitative estimate of drug-likeness (QED) is 0.911. The first-order chi connectivity index (χ1) is 8.08. The van der Waals surface area contributed by atoms with Crippen LogP contribution in [0.5, 0.6) is 0 Å². The van der Waals surface area contributed by atoms with Crippen LogP contribution in [0, 0.1) is 12.8 Å². The Morgan fingerprint density at radius 1 is 1.53 bits per heavy atom. The van der Waals surface area contributed by atoms with Crippen molar-refractivity contribution in [2.75, 3.05) is 18.0 Å². The number of carboxylic acids is 1. The monoisotopic (exact) mass is 298 g/mol. The molecule has 1 saturated heterocycles. The van der Waals surface area contributed by atoms with E-state index >= 15 is 0 Å². The molecule has 2 heterocycles. The van der Waals surface area contributed by atoms with Crippen LogP contribution in [-0.4, -0.2) is 29.1 Å². The standard InChI is InChI=1S/C12H15BrN2O2/c1-8-6-11(14-7-10(8)13)15-4-2-9(3-5-15)12(16)17/h6-7,9H,2-5H2,1H3,(H,16,17). The SMILES string of the molecule is Cc1cc(N2CCC(C(=O)O)CC2)ncc1Br. The number of nitrogens with zero attached hydrogens (tertiary/aromatic N) is 2. The van der Waals surface area contributed by atoms with Crippen molar-refractivity contribution in [3.8, 4) is 0 Å². The molecule has 0 saturated carbocycles. The van der Waals surface area contributed by atoms with E-state index in [-0.39, 0.29) is 5.92 Å². The predicted molar refractivity (Wildman–Crippen MR) is 69.2 cm³/mol. The number of anilines is 1. The fourth-order valence-corrected chi connectivity index (χ4v) is 2.27. The van der Waals surface area contributed by atoms with Gasteiger partial charge in [0.05, 0.1) is 5.92 Å². The lowest BCUT2D eigenvalue weighted by Crippen LogP contribution is -2.36. The average molecular weight is 299 g/mol. The summed E-state index contributed by atoms with van der Waals surface area (Å²) in [5.74, 6) is 0.0712. The van der Waals surface area contributed by atoms with Gasteiger partial charge in [-0.05, 0) is 47.3 Å². The highest BCUT2D eigenvalue weighted by Crippen LogP contribution is 2.24. The van der Waals surface area contributed by atoms with Crippen LogP contribution in [0.3, 0.4) is 0 Å². The second kappa shape index (κ2) is 5.04. The van der Waals surface area contributed by atoms with Gasteiger partial charge in [-0.3, -0.25) is 4.79 Å².